The molecular formula is C26H30N6O2. The number of carbonyl (C=O) groups is 2. The molecule has 1 aliphatic heterocycles. The highest BCUT2D eigenvalue weighted by molar-refractivity contribution is 5.96. The molecule has 1 saturated heterocycles. The van der Waals surface area contributed by atoms with Crippen LogP contribution in [0.2, 0.25) is 0 Å². The number of aromatic nitrogens is 3. The molecule has 1 saturated carbocycles. The highest BCUT2D eigenvalue weighted by atomic mass is 16.2. The molecule has 0 unspecified atom stereocenters. The second kappa shape index (κ2) is 9.29. The molecule has 8 heteroatoms. The van der Waals surface area contributed by atoms with Gasteiger partial charge >= 0.3 is 0 Å². The number of hydrogen-bond donors (Lipinski definition) is 2. The molecule has 3 aromatic rings. The first-order valence-electron chi connectivity index (χ1n) is 11.9. The maximum atomic E-state index is 12.5. The molecule has 3 heterocycles. The normalized spacial score (nSPS) is 16.4. The van der Waals surface area contributed by atoms with Gasteiger partial charge in [0.05, 0.1) is 30.0 Å². The van der Waals surface area contributed by atoms with Crippen LogP contribution in [0.4, 0.5) is 5.69 Å². The predicted molar refractivity (Wildman–Crippen MR) is 131 cm³/mol. The van der Waals surface area contributed by atoms with Crippen molar-refractivity contribution in [3.63, 3.8) is 0 Å². The van der Waals surface area contributed by atoms with E-state index in [2.05, 4.69) is 20.7 Å². The van der Waals surface area contributed by atoms with E-state index < -0.39 is 0 Å². The average Bonchev–Trinajstić information content (AvgIpc) is 3.51. The first kappa shape index (κ1) is 22.1. The Hall–Kier alpha value is -3.68. The molecule has 2 aromatic heterocycles. The number of likely N-dealkylation sites (tertiary alicyclic amines) is 1. The number of benzene rings is 1. The predicted octanol–water partition coefficient (Wildman–Crippen LogP) is 3.56. The van der Waals surface area contributed by atoms with E-state index >= 15 is 0 Å². The first-order valence-corrected chi connectivity index (χ1v) is 11.9. The van der Waals surface area contributed by atoms with Crippen LogP contribution < -0.4 is 10.6 Å². The van der Waals surface area contributed by atoms with Gasteiger partial charge in [0, 0.05) is 49.4 Å². The first-order chi connectivity index (χ1) is 16.5. The Kier molecular flexibility index (Phi) is 6.04. The Balaban J connectivity index is 1.30. The molecule has 34 heavy (non-hydrogen) atoms. The molecule has 176 valence electrons. The van der Waals surface area contributed by atoms with Crippen molar-refractivity contribution in [3.8, 4) is 16.8 Å². The number of nitrogens with one attached hydrogen (secondary N) is 2. The van der Waals surface area contributed by atoms with Gasteiger partial charge in [-0.25, -0.2) is 4.68 Å². The summed E-state index contributed by atoms with van der Waals surface area (Å²) in [4.78, 5) is 30.3. The molecule has 8 nitrogen and oxygen atoms in total. The van der Waals surface area contributed by atoms with Gasteiger partial charge < -0.3 is 15.5 Å². The van der Waals surface area contributed by atoms with Crippen LogP contribution in [-0.2, 0) is 4.79 Å². The third kappa shape index (κ3) is 4.95. The number of pyridine rings is 1. The largest absolute Gasteiger partial charge is 0.381 e. The maximum Gasteiger partial charge on any atom is 0.251 e. The monoisotopic (exact) mass is 458 g/mol. The molecule has 1 aliphatic carbocycles. The van der Waals surface area contributed by atoms with Gasteiger partial charge in [-0.05, 0) is 61.9 Å². The van der Waals surface area contributed by atoms with Crippen molar-refractivity contribution in [2.75, 3.05) is 18.4 Å². The summed E-state index contributed by atoms with van der Waals surface area (Å²) in [5.41, 5.74) is 5.50. The molecule has 0 spiro atoms. The summed E-state index contributed by atoms with van der Waals surface area (Å²) >= 11 is 0. The minimum Gasteiger partial charge on any atom is -0.381 e. The topological polar surface area (TPSA) is 92.2 Å². The summed E-state index contributed by atoms with van der Waals surface area (Å²) in [6, 6.07) is 8.48. The van der Waals surface area contributed by atoms with E-state index in [1.807, 2.05) is 59.4 Å². The Morgan fingerprint density at radius 3 is 2.53 bits per heavy atom. The number of nitrogens with zero attached hydrogens (tertiary/aromatic N) is 4. The van der Waals surface area contributed by atoms with Crippen molar-refractivity contribution in [2.24, 2.45) is 0 Å². The summed E-state index contributed by atoms with van der Waals surface area (Å²) < 4.78 is 1.81. The van der Waals surface area contributed by atoms with E-state index in [-0.39, 0.29) is 11.8 Å². The van der Waals surface area contributed by atoms with E-state index in [1.165, 1.54) is 0 Å². The summed E-state index contributed by atoms with van der Waals surface area (Å²) in [6.45, 7) is 5.22. The number of rotatable bonds is 6. The lowest BCUT2D eigenvalue weighted by molar-refractivity contribution is -0.129. The minimum atomic E-state index is -0.0201. The quantitative estimate of drug-likeness (QED) is 0.589. The van der Waals surface area contributed by atoms with Crippen molar-refractivity contribution >= 4 is 17.5 Å². The molecule has 2 amide bonds. The SMILES string of the molecule is CC(=O)N1CCC(Nc2cncc(-n3cc(-c4cc(C(=O)NC5CC5)ccc4C)cn3)c2)CC1. The molecule has 0 bridgehead atoms. The fourth-order valence-corrected chi connectivity index (χ4v) is 4.38. The molecular weight excluding hydrogens is 428 g/mol. The number of carbonyl (C=O) groups excluding carboxylic acids is 2. The molecule has 1 aromatic carbocycles. The van der Waals surface area contributed by atoms with Crippen LogP contribution in [0, 0.1) is 6.92 Å². The Labute approximate surface area is 199 Å². The molecule has 0 radical (unpaired) electrons. The van der Waals surface area contributed by atoms with Gasteiger partial charge in [-0.15, -0.1) is 0 Å². The molecule has 5 rings (SSSR count). The third-order valence-corrected chi connectivity index (χ3v) is 6.61. The maximum absolute atomic E-state index is 12.5. The van der Waals surface area contributed by atoms with Crippen LogP contribution >= 0.6 is 0 Å². The van der Waals surface area contributed by atoms with E-state index in [0.717, 1.165) is 66.8 Å². The lowest BCUT2D eigenvalue weighted by Crippen LogP contribution is -2.41. The van der Waals surface area contributed by atoms with Gasteiger partial charge in [0.25, 0.3) is 5.91 Å². The van der Waals surface area contributed by atoms with Crippen molar-refractivity contribution in [1.82, 2.24) is 25.0 Å². The second-order valence-electron chi connectivity index (χ2n) is 9.31. The summed E-state index contributed by atoms with van der Waals surface area (Å²) in [5.74, 6) is 0.120. The third-order valence-electron chi connectivity index (χ3n) is 6.61. The van der Waals surface area contributed by atoms with Crippen molar-refractivity contribution in [3.05, 3.63) is 60.2 Å². The number of hydrogen-bond acceptors (Lipinski definition) is 5. The summed E-state index contributed by atoms with van der Waals surface area (Å²) in [7, 11) is 0. The highest BCUT2D eigenvalue weighted by Crippen LogP contribution is 2.27. The van der Waals surface area contributed by atoms with Crippen LogP contribution in [0.5, 0.6) is 0 Å². The minimum absolute atomic E-state index is 0.0201. The summed E-state index contributed by atoms with van der Waals surface area (Å²) in [5, 5.41) is 11.2. The standard InChI is InChI=1S/C26H30N6O2/c1-17-3-4-19(26(34)30-21-5-6-21)11-25(17)20-13-28-32(16-20)24-12-23(14-27-15-24)29-22-7-9-31(10-8-22)18(2)33/h3-4,11-16,21-22,29H,5-10H2,1-2H3,(H,30,34). The highest BCUT2D eigenvalue weighted by Gasteiger charge is 2.24. The van der Waals surface area contributed by atoms with E-state index in [4.69, 9.17) is 0 Å². The zero-order valence-corrected chi connectivity index (χ0v) is 19.6. The Morgan fingerprint density at radius 1 is 1.00 bits per heavy atom. The second-order valence-corrected chi connectivity index (χ2v) is 9.31. The van der Waals surface area contributed by atoms with Crippen molar-refractivity contribution in [1.29, 1.82) is 0 Å². The fraction of sp³-hybridized carbons (Fsp3) is 0.385. The van der Waals surface area contributed by atoms with Gasteiger partial charge in [-0.3, -0.25) is 14.6 Å². The van der Waals surface area contributed by atoms with Crippen LogP contribution in [0.3, 0.4) is 0 Å². The molecule has 0 atom stereocenters. The zero-order valence-electron chi connectivity index (χ0n) is 19.6. The summed E-state index contributed by atoms with van der Waals surface area (Å²) in [6.07, 6.45) is 11.4. The van der Waals surface area contributed by atoms with Crippen LogP contribution in [0.15, 0.2) is 49.1 Å². The average molecular weight is 459 g/mol. The fourth-order valence-electron chi connectivity index (χ4n) is 4.38. The zero-order chi connectivity index (χ0) is 23.7. The van der Waals surface area contributed by atoms with Gasteiger partial charge in [0.2, 0.25) is 5.91 Å². The van der Waals surface area contributed by atoms with E-state index in [9.17, 15) is 9.59 Å². The molecule has 2 fully saturated rings. The van der Waals surface area contributed by atoms with Crippen molar-refractivity contribution in [2.45, 2.75) is 51.6 Å². The van der Waals surface area contributed by atoms with Gasteiger partial charge in [0.15, 0.2) is 0 Å². The Morgan fingerprint density at radius 2 is 1.79 bits per heavy atom. The lowest BCUT2D eigenvalue weighted by atomic mass is 10.0. The van der Waals surface area contributed by atoms with Crippen LogP contribution in [-0.4, -0.2) is 56.7 Å². The van der Waals surface area contributed by atoms with Gasteiger partial charge in [0.1, 0.15) is 0 Å². The van der Waals surface area contributed by atoms with Crippen LogP contribution in [0.25, 0.3) is 16.8 Å². The molecule has 2 N–H and O–H groups in total. The number of anilines is 1. The van der Waals surface area contributed by atoms with Gasteiger partial charge in [-0.2, -0.15) is 5.10 Å². The van der Waals surface area contributed by atoms with E-state index in [1.54, 1.807) is 13.1 Å². The Bertz CT molecular complexity index is 1210. The number of aryl methyl sites for hydroxylation is 1. The number of piperidine rings is 1. The van der Waals surface area contributed by atoms with Crippen LogP contribution in [0.1, 0.15) is 48.5 Å². The lowest BCUT2D eigenvalue weighted by Gasteiger charge is -2.32. The van der Waals surface area contributed by atoms with Gasteiger partial charge in [-0.1, -0.05) is 6.07 Å². The number of amides is 2. The van der Waals surface area contributed by atoms with Crippen molar-refractivity contribution < 1.29 is 9.59 Å². The smallest absolute Gasteiger partial charge is 0.251 e. The van der Waals surface area contributed by atoms with E-state index in [0.29, 0.717) is 17.6 Å². The molecule has 2 aliphatic rings.